The first-order valence-corrected chi connectivity index (χ1v) is 15.4. The topological polar surface area (TPSA) is 86.8 Å². The minimum atomic E-state index is -4.71. The lowest BCUT2D eigenvalue weighted by Crippen LogP contribution is -2.53. The van der Waals surface area contributed by atoms with Crippen molar-refractivity contribution in [1.29, 1.82) is 0 Å². The molecule has 3 rings (SSSR count). The number of carbonyl (C=O) groups is 2. The molecule has 12 heteroatoms. The molecule has 2 amide bonds. The second kappa shape index (κ2) is 14.0. The maximum Gasteiger partial charge on any atom is 0.416 e. The monoisotopic (exact) mass is 653 g/mol. The van der Waals surface area contributed by atoms with Crippen LogP contribution >= 0.6 is 15.9 Å². The van der Waals surface area contributed by atoms with Gasteiger partial charge in [0, 0.05) is 24.0 Å². The molecule has 0 aliphatic rings. The predicted octanol–water partition coefficient (Wildman–Crippen LogP) is 5.40. The van der Waals surface area contributed by atoms with Crippen LogP contribution < -0.4 is 9.62 Å². The summed E-state index contributed by atoms with van der Waals surface area (Å²) in [5, 5.41) is 2.83. The summed E-state index contributed by atoms with van der Waals surface area (Å²) in [7, 11) is -4.20. The molecule has 0 unspecified atom stereocenters. The number of halogens is 4. The van der Waals surface area contributed by atoms with Crippen LogP contribution in [0.15, 0.2) is 83.3 Å². The lowest BCUT2D eigenvalue weighted by Gasteiger charge is -2.33. The first-order chi connectivity index (χ1) is 19.3. The third-order valence-corrected chi connectivity index (χ3v) is 7.84. The Bertz CT molecular complexity index is 1450. The van der Waals surface area contributed by atoms with Crippen LogP contribution in [0, 0.1) is 0 Å². The molecule has 0 aliphatic heterocycles. The van der Waals surface area contributed by atoms with Crippen LogP contribution in [0.1, 0.15) is 30.0 Å². The lowest BCUT2D eigenvalue weighted by atomic mass is 10.0. The summed E-state index contributed by atoms with van der Waals surface area (Å²) in [4.78, 5) is 28.7. The highest BCUT2D eigenvalue weighted by atomic mass is 79.9. The molecule has 41 heavy (non-hydrogen) atoms. The number of rotatable bonds is 12. The molecule has 1 atom stereocenters. The summed E-state index contributed by atoms with van der Waals surface area (Å²) in [5.41, 5.74) is 0.0733. The van der Waals surface area contributed by atoms with Gasteiger partial charge in [0.15, 0.2) is 0 Å². The number of hydrogen-bond acceptors (Lipinski definition) is 4. The quantitative estimate of drug-likeness (QED) is 0.284. The molecule has 0 bridgehead atoms. The van der Waals surface area contributed by atoms with Crippen molar-refractivity contribution < 1.29 is 31.2 Å². The molecule has 7 nitrogen and oxygen atoms in total. The molecule has 0 aliphatic carbocycles. The Morgan fingerprint density at radius 1 is 0.951 bits per heavy atom. The second-order valence-corrected chi connectivity index (χ2v) is 12.3. The van der Waals surface area contributed by atoms with E-state index < -0.39 is 46.2 Å². The highest BCUT2D eigenvalue weighted by molar-refractivity contribution is 9.10. The molecular formula is C29H31BrF3N3O4S. The SMILES string of the molecule is CCCNC(=O)[C@@H](Cc1ccccc1)N(Cc1cccc(Br)c1)C(=O)CN(c1cccc(C(F)(F)F)c1)S(C)(=O)=O. The van der Waals surface area contributed by atoms with Crippen molar-refractivity contribution in [1.82, 2.24) is 10.2 Å². The number of nitrogens with zero attached hydrogens (tertiary/aromatic N) is 2. The molecule has 220 valence electrons. The number of benzene rings is 3. The van der Waals surface area contributed by atoms with Gasteiger partial charge in [-0.1, -0.05) is 71.4 Å². The van der Waals surface area contributed by atoms with Crippen molar-refractivity contribution >= 4 is 43.5 Å². The molecule has 0 spiro atoms. The van der Waals surface area contributed by atoms with E-state index in [0.717, 1.165) is 28.4 Å². The summed E-state index contributed by atoms with van der Waals surface area (Å²) < 4.78 is 67.1. The van der Waals surface area contributed by atoms with Gasteiger partial charge < -0.3 is 10.2 Å². The number of sulfonamides is 1. The molecule has 0 aromatic heterocycles. The van der Waals surface area contributed by atoms with E-state index in [1.165, 1.54) is 11.0 Å². The first kappa shape index (κ1) is 32.1. The molecule has 0 saturated heterocycles. The van der Waals surface area contributed by atoms with Crippen LogP contribution in [0.25, 0.3) is 0 Å². The largest absolute Gasteiger partial charge is 0.416 e. The zero-order valence-electron chi connectivity index (χ0n) is 22.6. The molecule has 3 aromatic carbocycles. The smallest absolute Gasteiger partial charge is 0.354 e. The van der Waals surface area contributed by atoms with E-state index in [1.54, 1.807) is 36.4 Å². The van der Waals surface area contributed by atoms with Crippen LogP contribution in [0.2, 0.25) is 0 Å². The maximum atomic E-state index is 14.0. The Labute approximate surface area is 246 Å². The van der Waals surface area contributed by atoms with E-state index in [9.17, 15) is 31.2 Å². The zero-order chi connectivity index (χ0) is 30.2. The minimum Gasteiger partial charge on any atom is -0.354 e. The summed E-state index contributed by atoms with van der Waals surface area (Å²) in [6.45, 7) is 1.40. The van der Waals surface area contributed by atoms with Gasteiger partial charge in [-0.3, -0.25) is 13.9 Å². The molecular weight excluding hydrogens is 623 g/mol. The van der Waals surface area contributed by atoms with Crippen molar-refractivity contribution in [2.45, 2.75) is 38.5 Å². The minimum absolute atomic E-state index is 0.0461. The van der Waals surface area contributed by atoms with Crippen molar-refractivity contribution in [2.75, 3.05) is 23.7 Å². The average molecular weight is 655 g/mol. The van der Waals surface area contributed by atoms with Gasteiger partial charge in [-0.25, -0.2) is 8.42 Å². The van der Waals surface area contributed by atoms with Crippen molar-refractivity contribution in [2.24, 2.45) is 0 Å². The Hall–Kier alpha value is -3.38. The van der Waals surface area contributed by atoms with E-state index in [1.807, 2.05) is 25.1 Å². The van der Waals surface area contributed by atoms with Crippen LogP contribution in [0.3, 0.4) is 0 Å². The van der Waals surface area contributed by atoms with Gasteiger partial charge in [0.05, 0.1) is 17.5 Å². The van der Waals surface area contributed by atoms with E-state index in [-0.39, 0.29) is 18.7 Å². The molecule has 0 heterocycles. The van der Waals surface area contributed by atoms with Crippen molar-refractivity contribution in [3.8, 4) is 0 Å². The van der Waals surface area contributed by atoms with Gasteiger partial charge in [-0.15, -0.1) is 0 Å². The predicted molar refractivity (Wildman–Crippen MR) is 156 cm³/mol. The Morgan fingerprint density at radius 2 is 1.61 bits per heavy atom. The van der Waals surface area contributed by atoms with Gasteiger partial charge in [0.25, 0.3) is 0 Å². The van der Waals surface area contributed by atoms with Crippen molar-refractivity contribution in [3.63, 3.8) is 0 Å². The van der Waals surface area contributed by atoms with E-state index in [4.69, 9.17) is 0 Å². The normalized spacial score (nSPS) is 12.4. The van der Waals surface area contributed by atoms with E-state index in [0.29, 0.717) is 28.9 Å². The highest BCUT2D eigenvalue weighted by Gasteiger charge is 2.35. The number of nitrogens with one attached hydrogen (secondary N) is 1. The highest BCUT2D eigenvalue weighted by Crippen LogP contribution is 2.32. The van der Waals surface area contributed by atoms with Gasteiger partial charge in [0.2, 0.25) is 21.8 Å². The second-order valence-electron chi connectivity index (χ2n) is 9.47. The Balaban J connectivity index is 2.07. The molecule has 1 N–H and O–H groups in total. The van der Waals surface area contributed by atoms with E-state index >= 15 is 0 Å². The number of anilines is 1. The Morgan fingerprint density at radius 3 is 2.22 bits per heavy atom. The third-order valence-electron chi connectivity index (χ3n) is 6.20. The van der Waals surface area contributed by atoms with Crippen LogP contribution in [0.5, 0.6) is 0 Å². The first-order valence-electron chi connectivity index (χ1n) is 12.8. The summed E-state index contributed by atoms with van der Waals surface area (Å²) in [5.74, 6) is -1.18. The number of amides is 2. The number of hydrogen-bond donors (Lipinski definition) is 1. The molecule has 0 radical (unpaired) electrons. The standard InChI is InChI=1S/C29H31BrF3N3O4S/c1-3-15-34-28(38)26(17-21-9-5-4-6-10-21)35(19-22-11-7-13-24(30)16-22)27(37)20-36(41(2,39)40)25-14-8-12-23(18-25)29(31,32)33/h4-14,16,18,26H,3,15,17,19-20H2,1-2H3,(H,34,38)/t26-/m1/s1. The summed E-state index contributed by atoms with van der Waals surface area (Å²) in [6, 6.07) is 18.9. The molecule has 3 aromatic rings. The van der Waals surface area contributed by atoms with Gasteiger partial charge >= 0.3 is 6.18 Å². The molecule has 0 saturated carbocycles. The third kappa shape index (κ3) is 9.32. The van der Waals surface area contributed by atoms with Crippen LogP contribution in [-0.2, 0) is 38.8 Å². The zero-order valence-corrected chi connectivity index (χ0v) is 25.0. The van der Waals surface area contributed by atoms with Crippen LogP contribution in [-0.4, -0.2) is 50.5 Å². The fourth-order valence-electron chi connectivity index (χ4n) is 4.20. The summed E-state index contributed by atoms with van der Waals surface area (Å²) in [6.07, 6.45) is -3.11. The Kier molecular flexibility index (Phi) is 11.0. The lowest BCUT2D eigenvalue weighted by molar-refractivity contribution is -0.140. The van der Waals surface area contributed by atoms with Gasteiger partial charge in [-0.2, -0.15) is 13.2 Å². The van der Waals surface area contributed by atoms with E-state index in [2.05, 4.69) is 21.2 Å². The van der Waals surface area contributed by atoms with Gasteiger partial charge in [-0.05, 0) is 47.9 Å². The fraction of sp³-hybridized carbons (Fsp3) is 0.310. The van der Waals surface area contributed by atoms with Gasteiger partial charge in [0.1, 0.15) is 12.6 Å². The average Bonchev–Trinajstić information content (AvgIpc) is 2.91. The maximum absolute atomic E-state index is 14.0. The summed E-state index contributed by atoms with van der Waals surface area (Å²) >= 11 is 3.40. The molecule has 0 fully saturated rings. The van der Waals surface area contributed by atoms with Crippen LogP contribution in [0.4, 0.5) is 18.9 Å². The number of alkyl halides is 3. The van der Waals surface area contributed by atoms with Crippen molar-refractivity contribution in [3.05, 3.63) is 100 Å². The fourth-order valence-corrected chi connectivity index (χ4v) is 5.49. The number of carbonyl (C=O) groups excluding carboxylic acids is 2.